The molecule has 12 heavy (non-hydrogen) atoms. The van der Waals surface area contributed by atoms with Gasteiger partial charge in [-0.05, 0) is 12.8 Å². The van der Waals surface area contributed by atoms with Gasteiger partial charge in [0.05, 0.1) is 5.75 Å². The first-order chi connectivity index (χ1) is 5.86. The number of thioether (sulfide) groups is 1. The van der Waals surface area contributed by atoms with E-state index in [-0.39, 0.29) is 0 Å². The molecule has 0 aromatic heterocycles. The minimum absolute atomic E-state index is 0.330. The number of hydrogen-bond acceptors (Lipinski definition) is 2. The highest BCUT2D eigenvalue weighted by atomic mass is 32.2. The van der Waals surface area contributed by atoms with Crippen molar-refractivity contribution in [1.82, 2.24) is 0 Å². The molecule has 0 aromatic carbocycles. The molecule has 2 fully saturated rings. The summed E-state index contributed by atoms with van der Waals surface area (Å²) in [6, 6.07) is 0.838. The second-order valence-electron chi connectivity index (χ2n) is 4.05. The van der Waals surface area contributed by atoms with Crippen molar-refractivity contribution in [1.29, 1.82) is 0 Å². The molecule has 0 amide bonds. The van der Waals surface area contributed by atoms with Crippen LogP contribution >= 0.6 is 11.8 Å². The Hall–Kier alpha value is 0.270. The third-order valence-electron chi connectivity index (χ3n) is 3.17. The van der Waals surface area contributed by atoms with E-state index < -0.39 is 0 Å². The monoisotopic (exact) mass is 187 g/mol. The average Bonchev–Trinajstić information content (AvgIpc) is 2.54. The van der Waals surface area contributed by atoms with Crippen molar-refractivity contribution in [3.63, 3.8) is 0 Å². The summed E-state index contributed by atoms with van der Waals surface area (Å²) in [5.41, 5.74) is 6.17. The Balaban J connectivity index is 1.83. The molecule has 2 aliphatic rings. The third-order valence-corrected chi connectivity index (χ3v) is 4.29. The Morgan fingerprint density at radius 1 is 1.17 bits per heavy atom. The van der Waals surface area contributed by atoms with Gasteiger partial charge in [0.15, 0.2) is 5.50 Å². The van der Waals surface area contributed by atoms with Gasteiger partial charge in [-0.2, -0.15) is 0 Å². The summed E-state index contributed by atoms with van der Waals surface area (Å²) in [7, 11) is 0. The van der Waals surface area contributed by atoms with Crippen LogP contribution in [0.2, 0.25) is 0 Å². The maximum Gasteiger partial charge on any atom is 0.186 e. The fraction of sp³-hybridized carbons (Fsp3) is 1.00. The minimum Gasteiger partial charge on any atom is -0.319 e. The second kappa shape index (κ2) is 3.99. The topological polar surface area (TPSA) is 42.6 Å². The van der Waals surface area contributed by atoms with Crippen LogP contribution in [0, 0.1) is 5.92 Å². The molecule has 1 aliphatic carbocycles. The molecule has 1 heterocycles. The Labute approximate surface area is 78.7 Å². The minimum atomic E-state index is 0.330. The summed E-state index contributed by atoms with van der Waals surface area (Å²) >= 11 is 1.92. The van der Waals surface area contributed by atoms with Gasteiger partial charge >= 0.3 is 0 Å². The number of nitrogens with two attached hydrogens (primary N) is 2. The fourth-order valence-electron chi connectivity index (χ4n) is 2.43. The lowest BCUT2D eigenvalue weighted by Gasteiger charge is -2.24. The molecule has 1 saturated carbocycles. The SMILES string of the molecule is NC1[NH2+]C(C2CCCCC2)CS1. The van der Waals surface area contributed by atoms with Crippen LogP contribution in [0.1, 0.15) is 32.1 Å². The summed E-state index contributed by atoms with van der Waals surface area (Å²) in [4.78, 5) is 0. The van der Waals surface area contributed by atoms with E-state index in [1.54, 1.807) is 0 Å². The number of hydrogen-bond donors (Lipinski definition) is 2. The summed E-state index contributed by atoms with van der Waals surface area (Å²) in [6.45, 7) is 0. The van der Waals surface area contributed by atoms with E-state index in [4.69, 9.17) is 5.73 Å². The second-order valence-corrected chi connectivity index (χ2v) is 5.26. The standard InChI is InChI=1S/C9H18N2S/c10-9-11-8(6-12-9)7-4-2-1-3-5-7/h7-9,11H,1-6,10H2/p+1. The Morgan fingerprint density at radius 2 is 1.92 bits per heavy atom. The van der Waals surface area contributed by atoms with Gasteiger partial charge in [-0.15, -0.1) is 0 Å². The first-order valence-electron chi connectivity index (χ1n) is 5.08. The van der Waals surface area contributed by atoms with Crippen LogP contribution in [0.4, 0.5) is 0 Å². The molecule has 2 unspecified atom stereocenters. The van der Waals surface area contributed by atoms with Crippen molar-refractivity contribution in [2.24, 2.45) is 11.7 Å². The van der Waals surface area contributed by atoms with Crippen molar-refractivity contribution in [2.75, 3.05) is 5.75 Å². The van der Waals surface area contributed by atoms with Crippen LogP contribution in [-0.2, 0) is 0 Å². The van der Waals surface area contributed by atoms with Gasteiger partial charge in [0.1, 0.15) is 6.04 Å². The van der Waals surface area contributed by atoms with Crippen molar-refractivity contribution < 1.29 is 5.32 Å². The molecule has 2 nitrogen and oxygen atoms in total. The zero-order valence-corrected chi connectivity index (χ0v) is 8.35. The van der Waals surface area contributed by atoms with Crippen molar-refractivity contribution >= 4 is 11.8 Å². The van der Waals surface area contributed by atoms with E-state index in [2.05, 4.69) is 5.32 Å². The molecule has 2 atom stereocenters. The lowest BCUT2D eigenvalue weighted by Crippen LogP contribution is -2.94. The molecule has 0 radical (unpaired) electrons. The fourth-order valence-corrected chi connectivity index (χ4v) is 3.57. The molecule has 1 aliphatic heterocycles. The highest BCUT2D eigenvalue weighted by Crippen LogP contribution is 2.28. The van der Waals surface area contributed by atoms with E-state index in [0.717, 1.165) is 12.0 Å². The summed E-state index contributed by atoms with van der Waals surface area (Å²) < 4.78 is 0. The van der Waals surface area contributed by atoms with E-state index in [9.17, 15) is 0 Å². The highest BCUT2D eigenvalue weighted by molar-refractivity contribution is 7.99. The van der Waals surface area contributed by atoms with Crippen LogP contribution in [-0.4, -0.2) is 17.3 Å². The molecule has 70 valence electrons. The van der Waals surface area contributed by atoms with Crippen LogP contribution in [0.5, 0.6) is 0 Å². The van der Waals surface area contributed by atoms with E-state index in [1.807, 2.05) is 11.8 Å². The predicted octanol–water partition coefficient (Wildman–Crippen LogP) is 0.488. The number of quaternary nitrogens is 1. The van der Waals surface area contributed by atoms with Gasteiger partial charge in [-0.1, -0.05) is 31.0 Å². The first kappa shape index (κ1) is 8.85. The molecular formula is C9H19N2S+. The van der Waals surface area contributed by atoms with Gasteiger partial charge in [-0.3, -0.25) is 5.73 Å². The lowest BCUT2D eigenvalue weighted by molar-refractivity contribution is -0.696. The molecule has 2 rings (SSSR count). The van der Waals surface area contributed by atoms with E-state index >= 15 is 0 Å². The summed E-state index contributed by atoms with van der Waals surface area (Å²) in [6.07, 6.45) is 7.27. The van der Waals surface area contributed by atoms with Crippen LogP contribution in [0.25, 0.3) is 0 Å². The molecule has 1 saturated heterocycles. The van der Waals surface area contributed by atoms with Crippen molar-refractivity contribution in [2.45, 2.75) is 43.6 Å². The van der Waals surface area contributed by atoms with Gasteiger partial charge in [0, 0.05) is 5.92 Å². The van der Waals surface area contributed by atoms with Gasteiger partial charge in [0.2, 0.25) is 0 Å². The molecule has 0 aromatic rings. The van der Waals surface area contributed by atoms with Crippen LogP contribution in [0.3, 0.4) is 0 Å². The first-order valence-corrected chi connectivity index (χ1v) is 6.13. The van der Waals surface area contributed by atoms with Gasteiger partial charge in [-0.25, -0.2) is 0 Å². The van der Waals surface area contributed by atoms with E-state index in [1.165, 1.54) is 37.9 Å². The highest BCUT2D eigenvalue weighted by Gasteiger charge is 2.33. The van der Waals surface area contributed by atoms with E-state index in [0.29, 0.717) is 5.50 Å². The van der Waals surface area contributed by atoms with Gasteiger partial charge < -0.3 is 5.32 Å². The quantitative estimate of drug-likeness (QED) is 0.627. The average molecular weight is 187 g/mol. The summed E-state index contributed by atoms with van der Waals surface area (Å²) in [5.74, 6) is 2.26. The maximum absolute atomic E-state index is 5.84. The molecule has 0 bridgehead atoms. The molecule has 0 spiro atoms. The third kappa shape index (κ3) is 1.95. The zero-order valence-electron chi connectivity index (χ0n) is 7.54. The smallest absolute Gasteiger partial charge is 0.186 e. The Morgan fingerprint density at radius 3 is 2.50 bits per heavy atom. The van der Waals surface area contributed by atoms with Crippen LogP contribution < -0.4 is 11.1 Å². The van der Waals surface area contributed by atoms with Crippen LogP contribution in [0.15, 0.2) is 0 Å². The van der Waals surface area contributed by atoms with Crippen molar-refractivity contribution in [3.05, 3.63) is 0 Å². The largest absolute Gasteiger partial charge is 0.319 e. The summed E-state index contributed by atoms with van der Waals surface area (Å²) in [5, 5.41) is 2.38. The molecular weight excluding hydrogens is 168 g/mol. The Bertz CT molecular complexity index is 143. The predicted molar refractivity (Wildman–Crippen MR) is 52.7 cm³/mol. The lowest BCUT2D eigenvalue weighted by atomic mass is 9.84. The molecule has 3 heteroatoms. The maximum atomic E-state index is 5.84. The zero-order chi connectivity index (χ0) is 8.39. The van der Waals surface area contributed by atoms with Crippen molar-refractivity contribution in [3.8, 4) is 0 Å². The molecule has 4 N–H and O–H groups in total. The number of rotatable bonds is 1. The Kier molecular flexibility index (Phi) is 2.94. The van der Waals surface area contributed by atoms with Gasteiger partial charge in [0.25, 0.3) is 0 Å². The normalized spacial score (nSPS) is 38.8.